The van der Waals surface area contributed by atoms with E-state index < -0.39 is 0 Å². The summed E-state index contributed by atoms with van der Waals surface area (Å²) in [6.45, 7) is 2.32. The molecule has 1 aromatic heterocycles. The third-order valence-corrected chi connectivity index (χ3v) is 4.61. The van der Waals surface area contributed by atoms with Crippen LogP contribution in [0.2, 0.25) is 0 Å². The molecule has 1 heterocycles. The highest BCUT2D eigenvalue weighted by Crippen LogP contribution is 2.50. The lowest BCUT2D eigenvalue weighted by Crippen LogP contribution is -2.43. The molecule has 0 radical (unpaired) electrons. The van der Waals surface area contributed by atoms with E-state index in [1.807, 2.05) is 0 Å². The maximum Gasteiger partial charge on any atom is 0.0505 e. The number of hydrogen-bond donors (Lipinski definition) is 2. The van der Waals surface area contributed by atoms with Crippen LogP contribution in [0.5, 0.6) is 0 Å². The Morgan fingerprint density at radius 1 is 1.64 bits per heavy atom. The summed E-state index contributed by atoms with van der Waals surface area (Å²) in [6.07, 6.45) is 3.35. The molecule has 1 aromatic rings. The average Bonchev–Trinajstić information content (AvgIpc) is 2.50. The first-order valence-corrected chi connectivity index (χ1v) is 5.98. The summed E-state index contributed by atoms with van der Waals surface area (Å²) < 4.78 is 0. The van der Waals surface area contributed by atoms with E-state index in [-0.39, 0.29) is 18.1 Å². The van der Waals surface area contributed by atoms with Gasteiger partial charge >= 0.3 is 0 Å². The van der Waals surface area contributed by atoms with Crippen molar-refractivity contribution >= 4 is 11.3 Å². The van der Waals surface area contributed by atoms with Crippen LogP contribution < -0.4 is 5.73 Å². The van der Waals surface area contributed by atoms with Gasteiger partial charge in [-0.1, -0.05) is 6.42 Å². The van der Waals surface area contributed by atoms with Crippen molar-refractivity contribution < 1.29 is 5.11 Å². The van der Waals surface area contributed by atoms with Gasteiger partial charge in [0, 0.05) is 16.3 Å². The number of aliphatic hydroxyl groups is 1. The Bertz CT molecular complexity index is 311. The molecule has 0 aromatic carbocycles. The minimum absolute atomic E-state index is 0.0182. The van der Waals surface area contributed by atoms with Crippen LogP contribution in [0.1, 0.15) is 35.7 Å². The van der Waals surface area contributed by atoms with E-state index in [4.69, 9.17) is 5.73 Å². The lowest BCUT2D eigenvalue weighted by molar-refractivity contribution is 0.0193. The van der Waals surface area contributed by atoms with Gasteiger partial charge in [0.25, 0.3) is 0 Å². The predicted octanol–water partition coefficient (Wildman–Crippen LogP) is 2.22. The van der Waals surface area contributed by atoms with Gasteiger partial charge in [-0.2, -0.15) is 0 Å². The van der Waals surface area contributed by atoms with Crippen LogP contribution >= 0.6 is 11.3 Å². The molecule has 0 saturated heterocycles. The standard InChI is InChI=1S/C11H17NOS/c1-8-3-6-14-9(8)10(12)11(7-13)4-2-5-11/h3,6,10,13H,2,4-5,7,12H2,1H3. The quantitative estimate of drug-likeness (QED) is 0.805. The summed E-state index contributed by atoms with van der Waals surface area (Å²) in [7, 11) is 0. The zero-order valence-corrected chi connectivity index (χ0v) is 9.31. The number of thiophene rings is 1. The van der Waals surface area contributed by atoms with Crippen LogP contribution in [-0.4, -0.2) is 11.7 Å². The molecule has 1 fully saturated rings. The van der Waals surface area contributed by atoms with Gasteiger partial charge in [-0.15, -0.1) is 11.3 Å². The third-order valence-electron chi connectivity index (χ3n) is 3.51. The van der Waals surface area contributed by atoms with Crippen LogP contribution in [0.25, 0.3) is 0 Å². The third kappa shape index (κ3) is 1.40. The molecule has 0 aliphatic heterocycles. The Hall–Kier alpha value is -0.380. The topological polar surface area (TPSA) is 46.2 Å². The largest absolute Gasteiger partial charge is 0.396 e. The van der Waals surface area contributed by atoms with Crippen molar-refractivity contribution in [3.05, 3.63) is 21.9 Å². The van der Waals surface area contributed by atoms with Crippen LogP contribution in [0.4, 0.5) is 0 Å². The molecule has 0 spiro atoms. The second-order valence-electron chi connectivity index (χ2n) is 4.32. The van der Waals surface area contributed by atoms with Gasteiger partial charge in [-0.25, -0.2) is 0 Å². The van der Waals surface area contributed by atoms with Crippen LogP contribution in [-0.2, 0) is 0 Å². The van der Waals surface area contributed by atoms with E-state index in [2.05, 4.69) is 18.4 Å². The molecule has 0 bridgehead atoms. The van der Waals surface area contributed by atoms with Gasteiger partial charge in [0.05, 0.1) is 6.61 Å². The summed E-state index contributed by atoms with van der Waals surface area (Å²) in [5.41, 5.74) is 7.49. The maximum atomic E-state index is 9.42. The van der Waals surface area contributed by atoms with Crippen LogP contribution in [0, 0.1) is 12.3 Å². The molecule has 1 unspecified atom stereocenters. The second-order valence-corrected chi connectivity index (χ2v) is 5.27. The molecule has 78 valence electrons. The highest BCUT2D eigenvalue weighted by molar-refractivity contribution is 7.10. The number of rotatable bonds is 3. The number of aryl methyl sites for hydroxylation is 1. The number of nitrogens with two attached hydrogens (primary N) is 1. The fourth-order valence-corrected chi connectivity index (χ4v) is 3.25. The molecule has 2 rings (SSSR count). The summed E-state index contributed by atoms with van der Waals surface area (Å²) in [4.78, 5) is 1.25. The van der Waals surface area contributed by atoms with Gasteiger partial charge < -0.3 is 10.8 Å². The first-order valence-electron chi connectivity index (χ1n) is 5.10. The summed E-state index contributed by atoms with van der Waals surface area (Å²) in [5.74, 6) is 0. The van der Waals surface area contributed by atoms with Crippen molar-refractivity contribution in [2.24, 2.45) is 11.1 Å². The molecule has 1 saturated carbocycles. The molecule has 3 heteroatoms. The Labute approximate surface area is 88.8 Å². The van der Waals surface area contributed by atoms with Crippen molar-refractivity contribution in [1.29, 1.82) is 0 Å². The average molecular weight is 211 g/mol. The first kappa shape index (κ1) is 10.1. The van der Waals surface area contributed by atoms with Crippen LogP contribution in [0.15, 0.2) is 11.4 Å². The Morgan fingerprint density at radius 3 is 2.71 bits per heavy atom. The Morgan fingerprint density at radius 2 is 2.36 bits per heavy atom. The zero-order chi connectivity index (χ0) is 10.2. The lowest BCUT2D eigenvalue weighted by atomic mass is 9.64. The van der Waals surface area contributed by atoms with E-state index in [0.29, 0.717) is 0 Å². The molecule has 3 N–H and O–H groups in total. The van der Waals surface area contributed by atoms with Gasteiger partial charge in [0.1, 0.15) is 0 Å². The van der Waals surface area contributed by atoms with Gasteiger partial charge in [0.2, 0.25) is 0 Å². The van der Waals surface area contributed by atoms with Crippen molar-refractivity contribution in [2.75, 3.05) is 6.61 Å². The minimum Gasteiger partial charge on any atom is -0.396 e. The van der Waals surface area contributed by atoms with Gasteiger partial charge in [0.15, 0.2) is 0 Å². The molecule has 2 nitrogen and oxygen atoms in total. The predicted molar refractivity (Wildman–Crippen MR) is 59.4 cm³/mol. The molecular weight excluding hydrogens is 194 g/mol. The first-order chi connectivity index (χ1) is 6.69. The van der Waals surface area contributed by atoms with Gasteiger partial charge in [-0.3, -0.25) is 0 Å². The summed E-state index contributed by atoms with van der Waals surface area (Å²) in [5, 5.41) is 11.5. The molecular formula is C11H17NOS. The zero-order valence-electron chi connectivity index (χ0n) is 8.49. The number of hydrogen-bond acceptors (Lipinski definition) is 3. The monoisotopic (exact) mass is 211 g/mol. The second kappa shape index (κ2) is 3.65. The Balaban J connectivity index is 2.22. The lowest BCUT2D eigenvalue weighted by Gasteiger charge is -2.44. The van der Waals surface area contributed by atoms with Crippen molar-refractivity contribution in [1.82, 2.24) is 0 Å². The maximum absolute atomic E-state index is 9.42. The van der Waals surface area contributed by atoms with Crippen LogP contribution in [0.3, 0.4) is 0 Å². The molecule has 1 aliphatic carbocycles. The smallest absolute Gasteiger partial charge is 0.0505 e. The van der Waals surface area contributed by atoms with Crippen molar-refractivity contribution in [3.63, 3.8) is 0 Å². The van der Waals surface area contributed by atoms with Gasteiger partial charge in [-0.05, 0) is 36.8 Å². The minimum atomic E-state index is -0.0182. The highest BCUT2D eigenvalue weighted by Gasteiger charge is 2.43. The van der Waals surface area contributed by atoms with E-state index in [1.165, 1.54) is 16.9 Å². The van der Waals surface area contributed by atoms with E-state index in [1.54, 1.807) is 11.3 Å². The summed E-state index contributed by atoms with van der Waals surface area (Å²) in [6, 6.07) is 2.13. The molecule has 1 atom stereocenters. The van der Waals surface area contributed by atoms with E-state index in [9.17, 15) is 5.11 Å². The highest BCUT2D eigenvalue weighted by atomic mass is 32.1. The van der Waals surface area contributed by atoms with E-state index >= 15 is 0 Å². The van der Waals surface area contributed by atoms with Crippen molar-refractivity contribution in [3.8, 4) is 0 Å². The molecule has 14 heavy (non-hydrogen) atoms. The number of aliphatic hydroxyl groups excluding tert-OH is 1. The normalized spacial score (nSPS) is 21.6. The SMILES string of the molecule is Cc1ccsc1C(N)C1(CO)CCC1. The van der Waals surface area contributed by atoms with E-state index in [0.717, 1.165) is 12.8 Å². The fourth-order valence-electron chi connectivity index (χ4n) is 2.18. The molecule has 0 amide bonds. The Kier molecular flexibility index (Phi) is 2.64. The molecule has 1 aliphatic rings. The van der Waals surface area contributed by atoms with Crippen molar-refractivity contribution in [2.45, 2.75) is 32.2 Å². The fraction of sp³-hybridized carbons (Fsp3) is 0.636. The summed E-state index contributed by atoms with van der Waals surface area (Å²) >= 11 is 1.71.